The van der Waals surface area contributed by atoms with E-state index in [1.165, 1.54) is 0 Å². The molecule has 0 saturated carbocycles. The van der Waals surface area contributed by atoms with Crippen LogP contribution in [0.3, 0.4) is 0 Å². The van der Waals surface area contributed by atoms with E-state index in [9.17, 15) is 10.5 Å². The largest absolute Gasteiger partial charge is 0.454 e. The summed E-state index contributed by atoms with van der Waals surface area (Å²) in [6.07, 6.45) is 0. The Morgan fingerprint density at radius 2 is 0.931 bits per heavy atom. The number of para-hydroxylation sites is 3. The zero-order valence-corrected chi connectivity index (χ0v) is 30.6. The van der Waals surface area contributed by atoms with Gasteiger partial charge in [-0.3, -0.25) is 0 Å². The molecule has 8 aromatic carbocycles. The lowest BCUT2D eigenvalue weighted by Crippen LogP contribution is -1.99. The smallest absolute Gasteiger partial charge is 0.188 e. The van der Waals surface area contributed by atoms with Gasteiger partial charge in [0.25, 0.3) is 0 Å². The number of benzene rings is 8. The van der Waals surface area contributed by atoms with Crippen LogP contribution in [0.4, 0.5) is 5.69 Å². The Labute approximate surface area is 330 Å². The Hall–Kier alpha value is -8.57. The van der Waals surface area contributed by atoms with Crippen LogP contribution in [0.1, 0.15) is 11.1 Å². The van der Waals surface area contributed by atoms with Crippen molar-refractivity contribution in [2.75, 3.05) is 0 Å². The molecular formula is C51H26N6O. The zero-order valence-electron chi connectivity index (χ0n) is 30.6. The van der Waals surface area contributed by atoms with Gasteiger partial charge in [0.1, 0.15) is 5.58 Å². The van der Waals surface area contributed by atoms with E-state index in [4.69, 9.17) is 11.0 Å². The number of nitrogens with zero attached hydrogens (tertiary/aromatic N) is 6. The first-order chi connectivity index (χ1) is 28.6. The van der Waals surface area contributed by atoms with Crippen LogP contribution in [0.15, 0.2) is 162 Å². The molecule has 0 spiro atoms. The second-order valence-corrected chi connectivity index (χ2v) is 14.7. The third-order valence-electron chi connectivity index (χ3n) is 11.7. The van der Waals surface area contributed by atoms with Gasteiger partial charge in [0.05, 0.1) is 68.6 Å². The summed E-state index contributed by atoms with van der Waals surface area (Å²) in [6.45, 7) is 7.68. The van der Waals surface area contributed by atoms with E-state index in [2.05, 4.69) is 110 Å². The molecule has 0 unspecified atom stereocenters. The van der Waals surface area contributed by atoms with E-state index in [0.717, 1.165) is 104 Å². The molecule has 0 amide bonds. The summed E-state index contributed by atoms with van der Waals surface area (Å²) in [5.41, 5.74) is 12.1. The lowest BCUT2D eigenvalue weighted by atomic mass is 10.1. The van der Waals surface area contributed by atoms with Crippen molar-refractivity contribution in [3.63, 3.8) is 0 Å². The zero-order chi connectivity index (χ0) is 38.6. The number of nitriles is 2. The van der Waals surface area contributed by atoms with E-state index in [-0.39, 0.29) is 0 Å². The summed E-state index contributed by atoms with van der Waals surface area (Å²) in [5.74, 6) is 0. The molecule has 266 valence electrons. The minimum Gasteiger partial charge on any atom is -0.454 e. The molecule has 0 aliphatic rings. The van der Waals surface area contributed by atoms with Crippen molar-refractivity contribution in [3.8, 4) is 29.2 Å². The molecule has 0 aliphatic carbocycles. The second-order valence-electron chi connectivity index (χ2n) is 14.7. The molecule has 4 heterocycles. The van der Waals surface area contributed by atoms with Gasteiger partial charge in [-0.05, 0) is 102 Å². The van der Waals surface area contributed by atoms with Crippen molar-refractivity contribution < 1.29 is 4.42 Å². The van der Waals surface area contributed by atoms with E-state index in [1.54, 1.807) is 0 Å². The van der Waals surface area contributed by atoms with Crippen molar-refractivity contribution in [2.24, 2.45) is 0 Å². The number of hydrogen-bond acceptors (Lipinski definition) is 3. The number of hydrogen-bond donors (Lipinski definition) is 0. The quantitative estimate of drug-likeness (QED) is 0.169. The first kappa shape index (κ1) is 31.7. The predicted octanol–water partition coefficient (Wildman–Crippen LogP) is 13.2. The van der Waals surface area contributed by atoms with E-state index in [0.29, 0.717) is 16.8 Å². The van der Waals surface area contributed by atoms with Gasteiger partial charge in [0.2, 0.25) is 0 Å². The summed E-state index contributed by atoms with van der Waals surface area (Å²) >= 11 is 0. The van der Waals surface area contributed by atoms with Gasteiger partial charge in [-0.1, -0.05) is 60.7 Å². The lowest BCUT2D eigenvalue weighted by molar-refractivity contribution is 0.666. The molecule has 0 atom stereocenters. The van der Waals surface area contributed by atoms with E-state index >= 15 is 0 Å². The van der Waals surface area contributed by atoms with Crippen LogP contribution in [0.25, 0.3) is 109 Å². The molecule has 58 heavy (non-hydrogen) atoms. The number of aromatic nitrogens is 3. The normalized spacial score (nSPS) is 11.7. The number of furan rings is 1. The van der Waals surface area contributed by atoms with Crippen molar-refractivity contribution in [1.29, 1.82) is 10.5 Å². The van der Waals surface area contributed by atoms with Gasteiger partial charge < -0.3 is 18.1 Å². The molecule has 0 fully saturated rings. The van der Waals surface area contributed by atoms with Crippen LogP contribution >= 0.6 is 0 Å². The summed E-state index contributed by atoms with van der Waals surface area (Å²) in [6, 6.07) is 58.0. The topological polar surface area (TPSA) is 79.9 Å². The third kappa shape index (κ3) is 4.29. The maximum Gasteiger partial charge on any atom is 0.188 e. The molecule has 0 bridgehead atoms. The molecule has 4 aromatic heterocycles. The Morgan fingerprint density at radius 3 is 1.53 bits per heavy atom. The number of fused-ring (bicyclic) bond motifs is 12. The summed E-state index contributed by atoms with van der Waals surface area (Å²) in [7, 11) is 0. The molecule has 7 heteroatoms. The Morgan fingerprint density at radius 1 is 0.431 bits per heavy atom. The fraction of sp³-hybridized carbons (Fsp3) is 0. The summed E-state index contributed by atoms with van der Waals surface area (Å²) in [5, 5.41) is 27.9. The first-order valence-corrected chi connectivity index (χ1v) is 18.9. The van der Waals surface area contributed by atoms with Crippen molar-refractivity contribution in [1.82, 2.24) is 13.7 Å². The van der Waals surface area contributed by atoms with Gasteiger partial charge in [0, 0.05) is 49.1 Å². The Balaban J connectivity index is 1.22. The van der Waals surface area contributed by atoms with Gasteiger partial charge in [0.15, 0.2) is 11.3 Å². The molecule has 0 N–H and O–H groups in total. The highest BCUT2D eigenvalue weighted by atomic mass is 16.3. The minimum atomic E-state index is 0.600. The first-order valence-electron chi connectivity index (χ1n) is 18.9. The molecule has 7 nitrogen and oxygen atoms in total. The Kier molecular flexibility index (Phi) is 6.41. The molecule has 12 aromatic rings. The van der Waals surface area contributed by atoms with Crippen LogP contribution in [0.5, 0.6) is 0 Å². The van der Waals surface area contributed by atoms with Gasteiger partial charge >= 0.3 is 0 Å². The number of rotatable bonds is 3. The van der Waals surface area contributed by atoms with Crippen molar-refractivity contribution in [3.05, 3.63) is 180 Å². The van der Waals surface area contributed by atoms with Gasteiger partial charge in [-0.2, -0.15) is 10.5 Å². The third-order valence-corrected chi connectivity index (χ3v) is 11.7. The summed E-state index contributed by atoms with van der Waals surface area (Å²) < 4.78 is 13.7. The fourth-order valence-electron chi connectivity index (χ4n) is 9.20. The minimum absolute atomic E-state index is 0.600. The van der Waals surface area contributed by atoms with Crippen LogP contribution in [-0.2, 0) is 0 Å². The highest BCUT2D eigenvalue weighted by Crippen LogP contribution is 2.43. The van der Waals surface area contributed by atoms with Gasteiger partial charge in [-0.15, -0.1) is 0 Å². The highest BCUT2D eigenvalue weighted by molar-refractivity contribution is 6.16. The van der Waals surface area contributed by atoms with E-state index < -0.39 is 0 Å². The van der Waals surface area contributed by atoms with Gasteiger partial charge in [-0.25, -0.2) is 4.85 Å². The molecule has 0 aliphatic heterocycles. The molecule has 0 saturated heterocycles. The molecular weight excluding hydrogens is 713 g/mol. The van der Waals surface area contributed by atoms with Crippen LogP contribution < -0.4 is 0 Å². The average Bonchev–Trinajstić information content (AvgIpc) is 4.01. The van der Waals surface area contributed by atoms with Crippen molar-refractivity contribution >= 4 is 93.0 Å². The van der Waals surface area contributed by atoms with Crippen LogP contribution in [0, 0.1) is 29.2 Å². The Bertz CT molecular complexity index is 3910. The average molecular weight is 739 g/mol. The van der Waals surface area contributed by atoms with Crippen LogP contribution in [-0.4, -0.2) is 13.7 Å². The van der Waals surface area contributed by atoms with E-state index in [1.807, 2.05) is 78.9 Å². The lowest BCUT2D eigenvalue weighted by Gasteiger charge is -2.14. The maximum atomic E-state index is 9.89. The summed E-state index contributed by atoms with van der Waals surface area (Å²) in [4.78, 5) is 3.73. The molecule has 12 rings (SSSR count). The van der Waals surface area contributed by atoms with Crippen molar-refractivity contribution in [2.45, 2.75) is 0 Å². The highest BCUT2D eigenvalue weighted by Gasteiger charge is 2.23. The predicted molar refractivity (Wildman–Crippen MR) is 232 cm³/mol. The standard InChI is InChI=1S/C51H26N6O/c1-54-32-16-20-47-40(24-32)37-10-3-5-11-43(37)55(47)33-17-21-50-41(25-33)42-26-34(56-44-12-6-2-8-35(44)38-22-30(28-52)14-18-46(38)56)27-49(51(42)58-50)57-45-13-7-4-9-36(45)39-23-31(29-53)15-19-48(39)57/h2-27H. The molecule has 0 radical (unpaired) electrons. The maximum absolute atomic E-state index is 9.89. The fourth-order valence-corrected chi connectivity index (χ4v) is 9.20. The van der Waals surface area contributed by atoms with Crippen LogP contribution in [0.2, 0.25) is 0 Å². The SMILES string of the molecule is [C-]#[N+]c1ccc2c(c1)c1ccccc1n2-c1ccc2oc3c(-n4c5ccccc5c5cc(C#N)ccc54)cc(-n4c5ccccc5c5cc(C#N)ccc54)cc3c2c1. The monoisotopic (exact) mass is 738 g/mol. The second kappa shape index (κ2) is 11.7.